The highest BCUT2D eigenvalue weighted by Gasteiger charge is 2.22. The Balaban J connectivity index is 1.85. The zero-order chi connectivity index (χ0) is 21.2. The molecule has 0 bridgehead atoms. The van der Waals surface area contributed by atoms with E-state index in [1.165, 1.54) is 6.26 Å². The summed E-state index contributed by atoms with van der Waals surface area (Å²) >= 11 is 0. The van der Waals surface area contributed by atoms with Gasteiger partial charge in [-0.15, -0.1) is 0 Å². The van der Waals surface area contributed by atoms with E-state index in [0.717, 1.165) is 11.3 Å². The molecule has 0 unspecified atom stereocenters. The maximum atomic E-state index is 12.9. The van der Waals surface area contributed by atoms with Gasteiger partial charge in [-0.25, -0.2) is 18.1 Å². The summed E-state index contributed by atoms with van der Waals surface area (Å²) in [6.45, 7) is 5.85. The third kappa shape index (κ3) is 4.54. The van der Waals surface area contributed by atoms with Crippen molar-refractivity contribution in [3.05, 3.63) is 71.7 Å². The minimum Gasteiger partial charge on any atom is -0.345 e. The summed E-state index contributed by atoms with van der Waals surface area (Å²) < 4.78 is 24.9. The van der Waals surface area contributed by atoms with Crippen LogP contribution >= 0.6 is 0 Å². The highest BCUT2D eigenvalue weighted by atomic mass is 32.2. The van der Waals surface area contributed by atoms with Crippen molar-refractivity contribution in [1.82, 2.24) is 20.1 Å². The van der Waals surface area contributed by atoms with Crippen molar-refractivity contribution in [3.63, 3.8) is 0 Å². The largest absolute Gasteiger partial charge is 0.345 e. The van der Waals surface area contributed by atoms with E-state index in [1.54, 1.807) is 41.3 Å². The molecule has 0 radical (unpaired) electrons. The smallest absolute Gasteiger partial charge is 0.255 e. The van der Waals surface area contributed by atoms with Gasteiger partial charge in [0.25, 0.3) is 5.91 Å². The number of hydrogen-bond acceptors (Lipinski definition) is 5. The monoisotopic (exact) mass is 412 g/mol. The molecule has 0 saturated carbocycles. The molecule has 0 fully saturated rings. The first-order valence-electron chi connectivity index (χ1n) is 9.28. The van der Waals surface area contributed by atoms with E-state index >= 15 is 0 Å². The number of rotatable bonds is 6. The first-order chi connectivity index (χ1) is 13.7. The third-order valence-electron chi connectivity index (χ3n) is 4.62. The summed E-state index contributed by atoms with van der Waals surface area (Å²) in [5, 5.41) is 7.34. The molecule has 0 aliphatic rings. The average molecular weight is 413 g/mol. The van der Waals surface area contributed by atoms with E-state index in [4.69, 9.17) is 0 Å². The second-order valence-electron chi connectivity index (χ2n) is 7.23. The summed E-state index contributed by atoms with van der Waals surface area (Å²) in [5.74, 6) is 0.472. The Morgan fingerprint density at radius 1 is 1.07 bits per heavy atom. The Labute approximate surface area is 170 Å². The Hall–Kier alpha value is -3.00. The number of hydrogen-bond donors (Lipinski definition) is 1. The van der Waals surface area contributed by atoms with Crippen LogP contribution < -0.4 is 5.32 Å². The fourth-order valence-corrected chi connectivity index (χ4v) is 3.74. The van der Waals surface area contributed by atoms with Crippen LogP contribution in [0.3, 0.4) is 0 Å². The van der Waals surface area contributed by atoms with Crippen LogP contribution in [0.15, 0.2) is 59.8 Å². The van der Waals surface area contributed by atoms with Crippen LogP contribution in [0.1, 0.15) is 54.3 Å². The first-order valence-corrected chi connectivity index (χ1v) is 11.2. The van der Waals surface area contributed by atoms with Crippen LogP contribution in [0.25, 0.3) is 5.82 Å². The summed E-state index contributed by atoms with van der Waals surface area (Å²) in [7, 11) is -3.25. The van der Waals surface area contributed by atoms with E-state index < -0.39 is 9.84 Å². The molecular weight excluding hydrogens is 388 g/mol. The summed E-state index contributed by atoms with van der Waals surface area (Å²) in [5.41, 5.74) is 2.08. The van der Waals surface area contributed by atoms with Gasteiger partial charge in [0.15, 0.2) is 15.7 Å². The molecule has 7 nitrogen and oxygen atoms in total. The Morgan fingerprint density at radius 3 is 2.31 bits per heavy atom. The van der Waals surface area contributed by atoms with E-state index in [0.29, 0.717) is 11.4 Å². The number of nitrogens with one attached hydrogen (secondary N) is 1. The predicted octanol–water partition coefficient (Wildman–Crippen LogP) is 3.29. The SMILES string of the molecule is CC(C)c1c(C(=O)N[C@H](C)c2ccc(S(C)(=O)=O)cc2)cnn1-c1ccccn1. The number of amides is 1. The molecular formula is C21H24N4O3S. The molecule has 0 spiro atoms. The van der Waals surface area contributed by atoms with Gasteiger partial charge in [0, 0.05) is 12.5 Å². The van der Waals surface area contributed by atoms with Crippen molar-refractivity contribution < 1.29 is 13.2 Å². The molecule has 1 aromatic carbocycles. The van der Waals surface area contributed by atoms with Crippen LogP contribution in [0.5, 0.6) is 0 Å². The molecule has 3 rings (SSSR count). The molecule has 2 aromatic heterocycles. The van der Waals surface area contributed by atoms with Gasteiger partial charge in [0.1, 0.15) is 0 Å². The molecule has 152 valence electrons. The van der Waals surface area contributed by atoms with Crippen LogP contribution in [0.4, 0.5) is 0 Å². The fraction of sp³-hybridized carbons (Fsp3) is 0.286. The lowest BCUT2D eigenvalue weighted by Gasteiger charge is -2.16. The molecule has 2 heterocycles. The third-order valence-corrected chi connectivity index (χ3v) is 5.75. The van der Waals surface area contributed by atoms with Crippen molar-refractivity contribution in [3.8, 4) is 5.82 Å². The summed E-state index contributed by atoms with van der Waals surface area (Å²) in [4.78, 5) is 17.5. The minimum atomic E-state index is -3.25. The molecule has 1 N–H and O–H groups in total. The molecule has 1 atom stereocenters. The van der Waals surface area contributed by atoms with Gasteiger partial charge in [-0.2, -0.15) is 5.10 Å². The average Bonchev–Trinajstić information content (AvgIpc) is 3.13. The number of carbonyl (C=O) groups is 1. The van der Waals surface area contributed by atoms with Gasteiger partial charge in [0.05, 0.1) is 28.4 Å². The second kappa shape index (κ2) is 8.16. The number of aromatic nitrogens is 3. The van der Waals surface area contributed by atoms with Crippen molar-refractivity contribution in [2.45, 2.75) is 37.6 Å². The van der Waals surface area contributed by atoms with E-state index in [1.807, 2.05) is 39.0 Å². The Morgan fingerprint density at radius 2 is 1.76 bits per heavy atom. The standard InChI is InChI=1S/C21H24N4O3S/c1-14(2)20-18(13-23-25(20)19-7-5-6-12-22-19)21(26)24-15(3)16-8-10-17(11-9-16)29(4,27)28/h5-15H,1-4H3,(H,24,26)/t15-/m1/s1. The van der Waals surface area contributed by atoms with Crippen LogP contribution in [-0.4, -0.2) is 35.3 Å². The zero-order valence-electron chi connectivity index (χ0n) is 16.8. The summed E-state index contributed by atoms with van der Waals surface area (Å²) in [6.07, 6.45) is 4.40. The summed E-state index contributed by atoms with van der Waals surface area (Å²) in [6, 6.07) is 11.8. The first kappa shape index (κ1) is 20.7. The molecule has 3 aromatic rings. The van der Waals surface area contributed by atoms with Gasteiger partial charge in [-0.05, 0) is 42.7 Å². The number of benzene rings is 1. The van der Waals surface area contributed by atoms with E-state index in [9.17, 15) is 13.2 Å². The molecule has 29 heavy (non-hydrogen) atoms. The van der Waals surface area contributed by atoms with E-state index in [-0.39, 0.29) is 22.8 Å². The van der Waals surface area contributed by atoms with Gasteiger partial charge in [-0.3, -0.25) is 4.79 Å². The van der Waals surface area contributed by atoms with Crippen LogP contribution in [-0.2, 0) is 9.84 Å². The van der Waals surface area contributed by atoms with Crippen molar-refractivity contribution in [1.29, 1.82) is 0 Å². The van der Waals surface area contributed by atoms with Crippen LogP contribution in [0.2, 0.25) is 0 Å². The van der Waals surface area contributed by atoms with Crippen molar-refractivity contribution >= 4 is 15.7 Å². The lowest BCUT2D eigenvalue weighted by atomic mass is 10.0. The topological polar surface area (TPSA) is 94.0 Å². The van der Waals surface area contributed by atoms with Gasteiger partial charge < -0.3 is 5.32 Å². The van der Waals surface area contributed by atoms with Gasteiger partial charge >= 0.3 is 0 Å². The molecule has 0 saturated heterocycles. The highest BCUT2D eigenvalue weighted by Crippen LogP contribution is 2.23. The normalized spacial score (nSPS) is 12.7. The Bertz CT molecular complexity index is 1100. The number of nitrogens with zero attached hydrogens (tertiary/aromatic N) is 3. The quantitative estimate of drug-likeness (QED) is 0.670. The maximum absolute atomic E-state index is 12.9. The minimum absolute atomic E-state index is 0.0598. The highest BCUT2D eigenvalue weighted by molar-refractivity contribution is 7.90. The molecule has 0 aliphatic heterocycles. The van der Waals surface area contributed by atoms with Crippen LogP contribution in [0, 0.1) is 0 Å². The molecule has 1 amide bonds. The van der Waals surface area contributed by atoms with E-state index in [2.05, 4.69) is 15.4 Å². The lowest BCUT2D eigenvalue weighted by Crippen LogP contribution is -2.27. The Kier molecular flexibility index (Phi) is 5.83. The van der Waals surface area contributed by atoms with Crippen molar-refractivity contribution in [2.75, 3.05) is 6.26 Å². The number of carbonyl (C=O) groups excluding carboxylic acids is 1. The molecule has 8 heteroatoms. The second-order valence-corrected chi connectivity index (χ2v) is 9.25. The van der Waals surface area contributed by atoms with Gasteiger partial charge in [0.2, 0.25) is 0 Å². The lowest BCUT2D eigenvalue weighted by molar-refractivity contribution is 0.0938. The predicted molar refractivity (Wildman–Crippen MR) is 111 cm³/mol. The molecule has 0 aliphatic carbocycles. The number of sulfone groups is 1. The maximum Gasteiger partial charge on any atom is 0.255 e. The van der Waals surface area contributed by atoms with Gasteiger partial charge in [-0.1, -0.05) is 32.0 Å². The van der Waals surface area contributed by atoms with Crippen molar-refractivity contribution in [2.24, 2.45) is 0 Å². The zero-order valence-corrected chi connectivity index (χ0v) is 17.6. The fourth-order valence-electron chi connectivity index (χ4n) is 3.11. The number of pyridine rings is 1.